The number of unbranched alkanes of at least 4 members (excludes halogenated alkanes) is 25. The molecule has 0 aliphatic heterocycles. The second-order valence-electron chi connectivity index (χ2n) is 13.6. The van der Waals surface area contributed by atoms with Crippen LogP contribution in [0.2, 0.25) is 0 Å². The van der Waals surface area contributed by atoms with Crippen LogP contribution in [0.25, 0.3) is 0 Å². The van der Waals surface area contributed by atoms with Crippen LogP contribution in [0.3, 0.4) is 0 Å². The van der Waals surface area contributed by atoms with Gasteiger partial charge in [-0.15, -0.1) is 0 Å². The van der Waals surface area contributed by atoms with Crippen molar-refractivity contribution in [1.29, 1.82) is 0 Å². The highest BCUT2D eigenvalue weighted by Gasteiger charge is 2.23. The van der Waals surface area contributed by atoms with Crippen molar-refractivity contribution in [2.75, 3.05) is 26.4 Å². The third-order valence-electron chi connectivity index (χ3n) is 8.79. The number of amides is 1. The van der Waals surface area contributed by atoms with Gasteiger partial charge < -0.3 is 20.1 Å². The first-order valence-electron chi connectivity index (χ1n) is 20.0. The van der Waals surface area contributed by atoms with E-state index in [0.717, 1.165) is 38.5 Å². The topological polar surface area (TPSA) is 131 Å². The average Bonchev–Trinajstić information content (AvgIpc) is 3.07. The van der Waals surface area contributed by atoms with Crippen LogP contribution in [0, 0.1) is 0 Å². The Bertz CT molecular complexity index is 769. The van der Waals surface area contributed by atoms with Gasteiger partial charge in [-0.25, -0.2) is 4.57 Å². The van der Waals surface area contributed by atoms with Gasteiger partial charge in [0.15, 0.2) is 0 Å². The minimum absolute atomic E-state index is 0.0881. The summed E-state index contributed by atoms with van der Waals surface area (Å²) in [5, 5.41) is 12.6. The average molecular weight is 706 g/mol. The van der Waals surface area contributed by atoms with Gasteiger partial charge in [-0.2, -0.15) is 0 Å². The van der Waals surface area contributed by atoms with E-state index in [0.29, 0.717) is 6.42 Å². The molecule has 9 nitrogen and oxygen atoms in total. The van der Waals surface area contributed by atoms with E-state index >= 15 is 0 Å². The maximum atomic E-state index is 12.0. The van der Waals surface area contributed by atoms with Crippen molar-refractivity contribution in [3.8, 4) is 0 Å². The minimum atomic E-state index is -4.40. The lowest BCUT2D eigenvalue weighted by atomic mass is 10.0. The maximum absolute atomic E-state index is 12.0. The molecule has 0 spiro atoms. The molecule has 0 aliphatic carbocycles. The molecule has 0 radical (unpaired) electrons. The zero-order valence-corrected chi connectivity index (χ0v) is 32.1. The van der Waals surface area contributed by atoms with Gasteiger partial charge in [-0.1, -0.05) is 174 Å². The number of phosphoric ester groups is 1. The van der Waals surface area contributed by atoms with E-state index in [1.165, 1.54) is 135 Å². The molecule has 286 valence electrons. The van der Waals surface area contributed by atoms with E-state index in [9.17, 15) is 24.2 Å². The van der Waals surface area contributed by atoms with E-state index in [2.05, 4.69) is 19.2 Å². The lowest BCUT2D eigenvalue weighted by Gasteiger charge is -2.15. The summed E-state index contributed by atoms with van der Waals surface area (Å²) in [5.41, 5.74) is 0. The summed E-state index contributed by atoms with van der Waals surface area (Å²) in [6.45, 7) is 3.57. The lowest BCUT2D eigenvalue weighted by Crippen LogP contribution is -2.27. The number of aliphatic hydroxyl groups excluding tert-OH is 1. The van der Waals surface area contributed by atoms with Gasteiger partial charge in [0.05, 0.1) is 13.2 Å². The molecule has 0 aromatic heterocycles. The molecule has 2 unspecified atom stereocenters. The number of hydrogen-bond acceptors (Lipinski definition) is 7. The third-order valence-corrected chi connectivity index (χ3v) is 9.77. The van der Waals surface area contributed by atoms with E-state index in [-0.39, 0.29) is 32.1 Å². The summed E-state index contributed by atoms with van der Waals surface area (Å²) in [5.74, 6) is -0.507. The molecular weight excluding hydrogens is 629 g/mol. The molecule has 0 aromatic carbocycles. The molecular formula is C38H76NO8P. The second kappa shape index (κ2) is 35.8. The number of hydrogen-bond donors (Lipinski definition) is 3. The number of carbonyl (C=O) groups is 2. The first-order valence-corrected chi connectivity index (χ1v) is 21.5. The van der Waals surface area contributed by atoms with Gasteiger partial charge in [0.2, 0.25) is 5.91 Å². The fourth-order valence-electron chi connectivity index (χ4n) is 5.73. The van der Waals surface area contributed by atoms with E-state index < -0.39 is 26.5 Å². The molecule has 10 heteroatoms. The zero-order valence-electron chi connectivity index (χ0n) is 31.2. The number of phosphoric acid groups is 1. The Morgan fingerprint density at radius 3 is 1.35 bits per heavy atom. The lowest BCUT2D eigenvalue weighted by molar-refractivity contribution is -0.147. The van der Waals surface area contributed by atoms with Crippen molar-refractivity contribution < 1.29 is 37.9 Å². The van der Waals surface area contributed by atoms with E-state index in [4.69, 9.17) is 13.8 Å². The Morgan fingerprint density at radius 2 is 0.938 bits per heavy atom. The first kappa shape index (κ1) is 47.0. The third kappa shape index (κ3) is 36.3. The number of rotatable bonds is 38. The summed E-state index contributed by atoms with van der Waals surface area (Å²) < 4.78 is 26.8. The maximum Gasteiger partial charge on any atom is 0.472 e. The second-order valence-corrected chi connectivity index (χ2v) is 15.1. The molecule has 0 saturated carbocycles. The van der Waals surface area contributed by atoms with Crippen molar-refractivity contribution in [3.63, 3.8) is 0 Å². The van der Waals surface area contributed by atoms with Gasteiger partial charge in [0.25, 0.3) is 0 Å². The van der Waals surface area contributed by atoms with E-state index in [1.807, 2.05) is 0 Å². The molecule has 0 saturated heterocycles. The summed E-state index contributed by atoms with van der Waals surface area (Å²) >= 11 is 0. The van der Waals surface area contributed by atoms with Crippen LogP contribution in [0.1, 0.15) is 200 Å². The Hall–Kier alpha value is -0.990. The number of esters is 1. The van der Waals surface area contributed by atoms with Crippen molar-refractivity contribution in [2.24, 2.45) is 0 Å². The van der Waals surface area contributed by atoms with E-state index in [1.54, 1.807) is 0 Å². The monoisotopic (exact) mass is 706 g/mol. The molecule has 0 heterocycles. The molecule has 1 amide bonds. The Labute approximate surface area is 295 Å². The Morgan fingerprint density at radius 1 is 0.562 bits per heavy atom. The van der Waals surface area contributed by atoms with Crippen molar-refractivity contribution in [1.82, 2.24) is 5.32 Å². The molecule has 0 bridgehead atoms. The highest BCUT2D eigenvalue weighted by atomic mass is 31.2. The normalized spacial score (nSPS) is 13.3. The van der Waals surface area contributed by atoms with Gasteiger partial charge in [0.1, 0.15) is 12.7 Å². The van der Waals surface area contributed by atoms with Crippen molar-refractivity contribution in [3.05, 3.63) is 0 Å². The van der Waals surface area contributed by atoms with Crippen LogP contribution in [0.5, 0.6) is 0 Å². The fourth-order valence-corrected chi connectivity index (χ4v) is 6.49. The quantitative estimate of drug-likeness (QED) is 0.0329. The van der Waals surface area contributed by atoms with Crippen molar-refractivity contribution in [2.45, 2.75) is 206 Å². The molecule has 2 atom stereocenters. The SMILES string of the molecule is CCCCCCCCCCCCCCCCCC(=O)NCCOP(=O)(O)OCC(O)COC(=O)CCCCCCCCCCCCCC. The largest absolute Gasteiger partial charge is 0.472 e. The molecule has 0 aromatic rings. The summed E-state index contributed by atoms with van der Waals surface area (Å²) in [7, 11) is -4.40. The van der Waals surface area contributed by atoms with Crippen LogP contribution in [0.4, 0.5) is 0 Å². The number of aliphatic hydroxyl groups is 1. The first-order chi connectivity index (χ1) is 23.3. The summed E-state index contributed by atoms with van der Waals surface area (Å²) in [4.78, 5) is 33.8. The van der Waals surface area contributed by atoms with Gasteiger partial charge in [-0.05, 0) is 12.8 Å². The number of carbonyl (C=O) groups excluding carboxylic acids is 2. The molecule has 48 heavy (non-hydrogen) atoms. The standard InChI is InChI=1S/C38H76NO8P/c1-3-5-7-9-11-13-15-17-18-19-20-22-24-26-28-30-37(41)39-32-33-46-48(43,44)47-35-36(40)34-45-38(42)31-29-27-25-23-21-16-14-12-10-8-6-4-2/h36,40H,3-35H2,1-2H3,(H,39,41)(H,43,44). The highest BCUT2D eigenvalue weighted by Crippen LogP contribution is 2.42. The summed E-state index contributed by atoms with van der Waals surface area (Å²) in [6.07, 6.45) is 33.1. The van der Waals surface area contributed by atoms with Crippen LogP contribution in [-0.2, 0) is 27.9 Å². The fraction of sp³-hybridized carbons (Fsp3) is 0.947. The molecule has 0 aliphatic rings. The number of nitrogens with one attached hydrogen (secondary N) is 1. The van der Waals surface area contributed by atoms with Crippen LogP contribution >= 0.6 is 7.82 Å². The minimum Gasteiger partial charge on any atom is -0.463 e. The zero-order chi connectivity index (χ0) is 35.4. The van der Waals surface area contributed by atoms with Gasteiger partial charge in [0, 0.05) is 19.4 Å². The smallest absolute Gasteiger partial charge is 0.463 e. The van der Waals surface area contributed by atoms with Crippen LogP contribution in [0.15, 0.2) is 0 Å². The Balaban J connectivity index is 3.58. The van der Waals surface area contributed by atoms with Gasteiger partial charge in [-0.3, -0.25) is 18.6 Å². The van der Waals surface area contributed by atoms with Crippen molar-refractivity contribution >= 4 is 19.7 Å². The molecule has 0 rings (SSSR count). The van der Waals surface area contributed by atoms with Crippen LogP contribution < -0.4 is 5.32 Å². The molecule has 0 fully saturated rings. The predicted octanol–water partition coefficient (Wildman–Crippen LogP) is 10.5. The predicted molar refractivity (Wildman–Crippen MR) is 197 cm³/mol. The van der Waals surface area contributed by atoms with Gasteiger partial charge >= 0.3 is 13.8 Å². The molecule has 3 N–H and O–H groups in total. The Kier molecular flexibility index (Phi) is 35.1. The van der Waals surface area contributed by atoms with Crippen LogP contribution in [-0.4, -0.2) is 54.3 Å². The summed E-state index contributed by atoms with van der Waals surface area (Å²) in [6, 6.07) is 0. The highest BCUT2D eigenvalue weighted by molar-refractivity contribution is 7.47. The number of ether oxygens (including phenoxy) is 1.